The lowest BCUT2D eigenvalue weighted by atomic mass is 10.1. The van der Waals surface area contributed by atoms with Crippen LogP contribution in [-0.2, 0) is 4.79 Å². The molecular formula is C33H28N4O4. The first-order valence-corrected chi connectivity index (χ1v) is 13.0. The van der Waals surface area contributed by atoms with Crippen LogP contribution in [0, 0.1) is 6.92 Å². The number of anilines is 2. The van der Waals surface area contributed by atoms with Crippen molar-refractivity contribution in [2.45, 2.75) is 13.8 Å². The Hall–Kier alpha value is -5.46. The van der Waals surface area contributed by atoms with Crippen LogP contribution in [0.1, 0.15) is 22.8 Å². The van der Waals surface area contributed by atoms with Gasteiger partial charge in [-0.25, -0.2) is 0 Å². The number of para-hydroxylation sites is 2. The summed E-state index contributed by atoms with van der Waals surface area (Å²) in [4.78, 5) is 41.3. The summed E-state index contributed by atoms with van der Waals surface area (Å²) in [5.41, 5.74) is 5.79. The van der Waals surface area contributed by atoms with Crippen LogP contribution in [0.3, 0.4) is 0 Å². The van der Waals surface area contributed by atoms with Crippen LogP contribution in [0.5, 0.6) is 5.75 Å². The lowest BCUT2D eigenvalue weighted by Crippen LogP contribution is -2.45. The van der Waals surface area contributed by atoms with Gasteiger partial charge in [0.15, 0.2) is 5.49 Å². The largest absolute Gasteiger partial charge is 0.497 e. The van der Waals surface area contributed by atoms with E-state index in [0.717, 1.165) is 5.69 Å². The lowest BCUT2D eigenvalue weighted by molar-refractivity contribution is -0.116. The SMILES string of the molecule is COc1ccc(-n2c3c(c(C)c(=CC=C=CCN(C(C)=O)c4ccccc4)c2=O)C(=O)N(c2ccccc2)N=3)cc1. The van der Waals surface area contributed by atoms with E-state index in [-0.39, 0.29) is 22.9 Å². The van der Waals surface area contributed by atoms with Crippen molar-refractivity contribution in [3.05, 3.63) is 135 Å². The maximum atomic E-state index is 13.9. The summed E-state index contributed by atoms with van der Waals surface area (Å²) < 4.78 is 6.72. The van der Waals surface area contributed by atoms with Crippen molar-refractivity contribution < 1.29 is 14.3 Å². The average Bonchev–Trinajstić information content (AvgIpc) is 3.34. The number of pyridine rings is 1. The highest BCUT2D eigenvalue weighted by Crippen LogP contribution is 2.21. The molecule has 1 aliphatic rings. The van der Waals surface area contributed by atoms with Gasteiger partial charge in [0.2, 0.25) is 5.91 Å². The van der Waals surface area contributed by atoms with Gasteiger partial charge in [-0.15, -0.1) is 10.8 Å². The van der Waals surface area contributed by atoms with E-state index in [4.69, 9.17) is 4.74 Å². The van der Waals surface area contributed by atoms with E-state index in [9.17, 15) is 14.4 Å². The number of carbonyl (C=O) groups excluding carboxylic acids is 2. The molecule has 0 fully saturated rings. The van der Waals surface area contributed by atoms with Crippen molar-refractivity contribution in [1.29, 1.82) is 0 Å². The second kappa shape index (κ2) is 11.7. The Bertz CT molecular complexity index is 1860. The molecule has 5 rings (SSSR count). The van der Waals surface area contributed by atoms with E-state index < -0.39 is 0 Å². The predicted molar refractivity (Wildman–Crippen MR) is 159 cm³/mol. The van der Waals surface area contributed by atoms with Crippen LogP contribution < -0.4 is 30.9 Å². The number of aromatic nitrogens is 1. The molecule has 1 aromatic heterocycles. The van der Waals surface area contributed by atoms with Gasteiger partial charge in [-0.2, -0.15) is 5.01 Å². The first kappa shape index (κ1) is 27.1. The van der Waals surface area contributed by atoms with Gasteiger partial charge in [0.25, 0.3) is 11.5 Å². The van der Waals surface area contributed by atoms with Gasteiger partial charge < -0.3 is 9.64 Å². The molecule has 2 heterocycles. The number of rotatable bonds is 7. The molecule has 0 unspecified atom stereocenters. The minimum atomic E-state index is -0.328. The molecule has 0 radical (unpaired) electrons. The molecule has 0 atom stereocenters. The summed E-state index contributed by atoms with van der Waals surface area (Å²) in [7, 11) is 1.57. The van der Waals surface area contributed by atoms with E-state index in [1.807, 2.05) is 48.5 Å². The van der Waals surface area contributed by atoms with E-state index in [2.05, 4.69) is 10.8 Å². The van der Waals surface area contributed by atoms with Crippen LogP contribution in [0.15, 0.2) is 113 Å². The van der Waals surface area contributed by atoms with Gasteiger partial charge in [0, 0.05) is 17.8 Å². The second-order valence-electron chi connectivity index (χ2n) is 9.30. The van der Waals surface area contributed by atoms with Gasteiger partial charge in [-0.05, 0) is 79.2 Å². The standard InChI is InChI=1S/C33H28N4O4/c1-23-29(17-11-6-12-22-35(24(2)38)25-13-7-4-8-14-25)32(39)36(26-18-20-28(41-3)21-19-26)31-30(23)33(40)37(34-31)27-15-9-5-10-16-27/h4-5,7-21H,22H2,1-3H3. The zero-order valence-corrected chi connectivity index (χ0v) is 22.9. The summed E-state index contributed by atoms with van der Waals surface area (Å²) in [6.07, 6.45) is 4.96. The first-order chi connectivity index (χ1) is 19.9. The fourth-order valence-electron chi connectivity index (χ4n) is 4.67. The van der Waals surface area contributed by atoms with E-state index >= 15 is 0 Å². The van der Waals surface area contributed by atoms with Crippen LogP contribution in [-0.4, -0.2) is 30.0 Å². The lowest BCUT2D eigenvalue weighted by Gasteiger charge is -2.18. The van der Waals surface area contributed by atoms with Gasteiger partial charge in [-0.3, -0.25) is 19.0 Å². The fourth-order valence-corrected chi connectivity index (χ4v) is 4.67. The Morgan fingerprint density at radius 1 is 0.951 bits per heavy atom. The Morgan fingerprint density at radius 3 is 2.24 bits per heavy atom. The Morgan fingerprint density at radius 2 is 1.61 bits per heavy atom. The minimum absolute atomic E-state index is 0.0969. The van der Waals surface area contributed by atoms with Crippen molar-refractivity contribution in [2.24, 2.45) is 5.10 Å². The second-order valence-corrected chi connectivity index (χ2v) is 9.30. The fraction of sp³-hybridized carbons (Fsp3) is 0.121. The quantitative estimate of drug-likeness (QED) is 0.331. The van der Waals surface area contributed by atoms with E-state index in [1.54, 1.807) is 73.6 Å². The number of amides is 2. The maximum Gasteiger partial charge on any atom is 0.282 e. The van der Waals surface area contributed by atoms with E-state index in [0.29, 0.717) is 40.0 Å². The monoisotopic (exact) mass is 544 g/mol. The van der Waals surface area contributed by atoms with Crippen molar-refractivity contribution in [3.63, 3.8) is 0 Å². The molecule has 8 nitrogen and oxygen atoms in total. The van der Waals surface area contributed by atoms with Gasteiger partial charge in [0.05, 0.1) is 30.6 Å². The Balaban J connectivity index is 1.61. The molecule has 0 spiro atoms. The summed E-state index contributed by atoms with van der Waals surface area (Å²) in [5.74, 6) is 0.222. The van der Waals surface area contributed by atoms with Gasteiger partial charge >= 0.3 is 0 Å². The zero-order chi connectivity index (χ0) is 28.9. The summed E-state index contributed by atoms with van der Waals surface area (Å²) in [5, 5.41) is 6.25. The number of hydrogen-bond donors (Lipinski definition) is 0. The van der Waals surface area contributed by atoms with E-state index in [1.165, 1.54) is 16.5 Å². The number of benzene rings is 3. The number of fused-ring (bicyclic) bond motifs is 1. The summed E-state index contributed by atoms with van der Waals surface area (Å²) in [6, 6.07) is 25.4. The van der Waals surface area contributed by atoms with Crippen LogP contribution in [0.2, 0.25) is 0 Å². The topological polar surface area (TPSA) is 84.2 Å². The van der Waals surface area contributed by atoms with Crippen molar-refractivity contribution in [2.75, 3.05) is 23.6 Å². The molecular weight excluding hydrogens is 516 g/mol. The van der Waals surface area contributed by atoms with Gasteiger partial charge in [0.1, 0.15) is 5.75 Å². The molecule has 4 aromatic rings. The number of methoxy groups -OCH3 is 1. The highest BCUT2D eigenvalue weighted by Gasteiger charge is 2.30. The van der Waals surface area contributed by atoms with Crippen molar-refractivity contribution >= 4 is 29.3 Å². The third kappa shape index (κ3) is 5.37. The highest BCUT2D eigenvalue weighted by atomic mass is 16.5. The summed E-state index contributed by atoms with van der Waals surface area (Å²) in [6.45, 7) is 3.57. The molecule has 0 saturated carbocycles. The Labute approximate surface area is 237 Å². The Kier molecular flexibility index (Phi) is 7.76. The predicted octanol–water partition coefficient (Wildman–Crippen LogP) is 3.89. The molecule has 204 valence electrons. The average molecular weight is 545 g/mol. The first-order valence-electron chi connectivity index (χ1n) is 13.0. The molecule has 3 aromatic carbocycles. The molecule has 0 saturated heterocycles. The number of carbonyl (C=O) groups is 2. The van der Waals surface area contributed by atoms with Crippen LogP contribution >= 0.6 is 0 Å². The molecule has 1 aliphatic heterocycles. The van der Waals surface area contributed by atoms with Crippen molar-refractivity contribution in [3.8, 4) is 11.4 Å². The normalized spacial score (nSPS) is 12.3. The molecule has 8 heteroatoms. The number of nitrogens with zero attached hydrogens (tertiary/aromatic N) is 4. The van der Waals surface area contributed by atoms with Crippen LogP contribution in [0.4, 0.5) is 11.4 Å². The highest BCUT2D eigenvalue weighted by molar-refractivity contribution is 6.08. The molecule has 0 aliphatic carbocycles. The molecule has 0 bridgehead atoms. The molecule has 2 amide bonds. The van der Waals surface area contributed by atoms with Crippen molar-refractivity contribution in [1.82, 2.24) is 4.57 Å². The zero-order valence-electron chi connectivity index (χ0n) is 22.9. The van der Waals surface area contributed by atoms with Crippen LogP contribution in [0.25, 0.3) is 11.8 Å². The molecule has 0 N–H and O–H groups in total. The number of hydrogen-bond acceptors (Lipinski definition) is 5. The molecule has 41 heavy (non-hydrogen) atoms. The summed E-state index contributed by atoms with van der Waals surface area (Å²) >= 11 is 0. The number of ether oxygens (including phenoxy) is 1. The smallest absolute Gasteiger partial charge is 0.282 e. The maximum absolute atomic E-state index is 13.9. The third-order valence-electron chi connectivity index (χ3n) is 6.77. The van der Waals surface area contributed by atoms with Gasteiger partial charge in [-0.1, -0.05) is 36.4 Å². The third-order valence-corrected chi connectivity index (χ3v) is 6.77. The minimum Gasteiger partial charge on any atom is -0.497 e.